The van der Waals surface area contributed by atoms with Gasteiger partial charge < -0.3 is 14.9 Å². The Kier molecular flexibility index (Phi) is 4.27. The molecule has 5 nitrogen and oxygen atoms in total. The second-order valence-electron chi connectivity index (χ2n) is 6.02. The quantitative estimate of drug-likeness (QED) is 0.482. The van der Waals surface area contributed by atoms with Crippen LogP contribution in [0, 0.1) is 6.92 Å². The molecule has 4 aromatic rings. The number of nitrogens with one attached hydrogen (secondary N) is 2. The second-order valence-corrected chi connectivity index (χ2v) is 6.86. The van der Waals surface area contributed by atoms with E-state index in [2.05, 4.69) is 24.8 Å². The molecule has 3 heterocycles. The Morgan fingerprint density at radius 2 is 2.04 bits per heavy atom. The maximum absolute atomic E-state index is 6.24. The lowest BCUT2D eigenvalue weighted by molar-refractivity contribution is 0.681. The molecule has 0 aliphatic heterocycles. The monoisotopic (exact) mass is 373 g/mol. The molecule has 128 valence electrons. The van der Waals surface area contributed by atoms with Gasteiger partial charge in [0.15, 0.2) is 5.65 Å². The number of imidazole rings is 1. The van der Waals surface area contributed by atoms with Crippen molar-refractivity contribution >= 4 is 51.2 Å². The van der Waals surface area contributed by atoms with Gasteiger partial charge in [0.1, 0.15) is 0 Å². The van der Waals surface area contributed by atoms with Crippen LogP contribution >= 0.6 is 23.2 Å². The fraction of sp³-hybridized carbons (Fsp3) is 0.222. The summed E-state index contributed by atoms with van der Waals surface area (Å²) in [6.45, 7) is 3.62. The molecule has 25 heavy (non-hydrogen) atoms. The Bertz CT molecular complexity index is 1050. The SMILES string of the molecule is Cc1ccc2[nH]c(NCCCn3ccc4c(Cl)cc(Cl)cc43)nc2n1. The Balaban J connectivity index is 1.40. The fourth-order valence-corrected chi connectivity index (χ4v) is 3.49. The van der Waals surface area contributed by atoms with Crippen molar-refractivity contribution in [1.29, 1.82) is 0 Å². The van der Waals surface area contributed by atoms with Gasteiger partial charge >= 0.3 is 0 Å². The van der Waals surface area contributed by atoms with E-state index >= 15 is 0 Å². The standard InChI is InChI=1S/C18H17Cl2N5/c1-11-3-4-15-17(22-11)24-18(23-15)21-6-2-7-25-8-5-13-14(20)9-12(19)10-16(13)25/h3-5,8-10H,2,6-7H2,1H3,(H2,21,22,23,24). The van der Waals surface area contributed by atoms with Gasteiger partial charge in [-0.05, 0) is 43.7 Å². The summed E-state index contributed by atoms with van der Waals surface area (Å²) in [5.41, 5.74) is 3.69. The van der Waals surface area contributed by atoms with Crippen LogP contribution in [0.15, 0.2) is 36.5 Å². The lowest BCUT2D eigenvalue weighted by atomic mass is 10.2. The summed E-state index contributed by atoms with van der Waals surface area (Å²) in [5.74, 6) is 0.747. The van der Waals surface area contributed by atoms with Crippen molar-refractivity contribution in [2.45, 2.75) is 19.9 Å². The molecular formula is C18H17Cl2N5. The number of H-pyrrole nitrogens is 1. The summed E-state index contributed by atoms with van der Waals surface area (Å²) in [5, 5.41) is 5.68. The summed E-state index contributed by atoms with van der Waals surface area (Å²) < 4.78 is 2.17. The molecule has 0 aliphatic carbocycles. The smallest absolute Gasteiger partial charge is 0.202 e. The number of rotatable bonds is 5. The van der Waals surface area contributed by atoms with Crippen molar-refractivity contribution in [2.24, 2.45) is 0 Å². The number of benzene rings is 1. The van der Waals surface area contributed by atoms with Crippen LogP contribution in [0.2, 0.25) is 10.0 Å². The van der Waals surface area contributed by atoms with Gasteiger partial charge in [-0.25, -0.2) is 4.98 Å². The molecule has 0 saturated heterocycles. The Hall–Kier alpha value is -2.24. The molecule has 0 aliphatic rings. The third kappa shape index (κ3) is 3.30. The van der Waals surface area contributed by atoms with E-state index in [0.717, 1.165) is 53.2 Å². The topological polar surface area (TPSA) is 58.5 Å². The summed E-state index contributed by atoms with van der Waals surface area (Å²) in [4.78, 5) is 12.1. The third-order valence-corrected chi connectivity index (χ3v) is 4.69. The highest BCUT2D eigenvalue weighted by atomic mass is 35.5. The Labute approximate surface area is 155 Å². The van der Waals surface area contributed by atoms with E-state index in [0.29, 0.717) is 10.0 Å². The third-order valence-electron chi connectivity index (χ3n) is 4.16. The van der Waals surface area contributed by atoms with Crippen LogP contribution in [0.5, 0.6) is 0 Å². The first kappa shape index (κ1) is 16.2. The predicted octanol–water partition coefficient (Wildman–Crippen LogP) is 5.03. The van der Waals surface area contributed by atoms with Gasteiger partial charge in [0.05, 0.1) is 16.1 Å². The number of fused-ring (bicyclic) bond motifs is 2. The number of aromatic nitrogens is 4. The Morgan fingerprint density at radius 1 is 1.16 bits per heavy atom. The van der Waals surface area contributed by atoms with Crippen LogP contribution in [0.1, 0.15) is 12.1 Å². The number of hydrogen-bond donors (Lipinski definition) is 2. The lowest BCUT2D eigenvalue weighted by Gasteiger charge is -2.07. The maximum atomic E-state index is 6.24. The minimum Gasteiger partial charge on any atom is -0.356 e. The number of aromatic amines is 1. The molecule has 4 rings (SSSR count). The number of aryl methyl sites for hydroxylation is 2. The first-order valence-electron chi connectivity index (χ1n) is 8.11. The van der Waals surface area contributed by atoms with Crippen molar-refractivity contribution in [3.8, 4) is 0 Å². The van der Waals surface area contributed by atoms with E-state index in [9.17, 15) is 0 Å². The minimum atomic E-state index is 0.653. The van der Waals surface area contributed by atoms with E-state index in [1.807, 2.05) is 37.4 Å². The van der Waals surface area contributed by atoms with Crippen LogP contribution in [-0.4, -0.2) is 26.1 Å². The largest absolute Gasteiger partial charge is 0.356 e. The molecule has 0 saturated carbocycles. The van der Waals surface area contributed by atoms with Crippen LogP contribution in [-0.2, 0) is 6.54 Å². The zero-order valence-electron chi connectivity index (χ0n) is 13.7. The predicted molar refractivity (Wildman–Crippen MR) is 104 cm³/mol. The highest BCUT2D eigenvalue weighted by Crippen LogP contribution is 2.28. The van der Waals surface area contributed by atoms with Crippen LogP contribution in [0.4, 0.5) is 5.95 Å². The summed E-state index contributed by atoms with van der Waals surface area (Å²) in [6, 6.07) is 9.71. The van der Waals surface area contributed by atoms with E-state index in [-0.39, 0.29) is 0 Å². The maximum Gasteiger partial charge on any atom is 0.202 e. The Morgan fingerprint density at radius 3 is 2.92 bits per heavy atom. The molecule has 3 aromatic heterocycles. The average molecular weight is 374 g/mol. The number of nitrogens with zero attached hydrogens (tertiary/aromatic N) is 3. The van der Waals surface area contributed by atoms with Gasteiger partial charge in [0, 0.05) is 35.4 Å². The molecule has 0 unspecified atom stereocenters. The van der Waals surface area contributed by atoms with Gasteiger partial charge in [-0.15, -0.1) is 0 Å². The number of hydrogen-bond acceptors (Lipinski definition) is 3. The first-order chi connectivity index (χ1) is 12.1. The summed E-state index contributed by atoms with van der Waals surface area (Å²) in [6.07, 6.45) is 2.98. The van der Waals surface area contributed by atoms with Crippen molar-refractivity contribution in [1.82, 2.24) is 19.5 Å². The van der Waals surface area contributed by atoms with Gasteiger partial charge in [0.25, 0.3) is 0 Å². The van der Waals surface area contributed by atoms with E-state index in [4.69, 9.17) is 23.2 Å². The zero-order chi connectivity index (χ0) is 17.4. The van der Waals surface area contributed by atoms with Crippen LogP contribution < -0.4 is 5.32 Å². The summed E-state index contributed by atoms with van der Waals surface area (Å²) >= 11 is 12.4. The number of anilines is 1. The number of pyridine rings is 1. The molecule has 7 heteroatoms. The molecular weight excluding hydrogens is 357 g/mol. The number of halogens is 2. The lowest BCUT2D eigenvalue weighted by Crippen LogP contribution is -2.07. The molecule has 0 spiro atoms. The van der Waals surface area contributed by atoms with Crippen LogP contribution in [0.3, 0.4) is 0 Å². The van der Waals surface area contributed by atoms with Crippen molar-refractivity contribution in [2.75, 3.05) is 11.9 Å². The van der Waals surface area contributed by atoms with Crippen molar-refractivity contribution < 1.29 is 0 Å². The van der Waals surface area contributed by atoms with Gasteiger partial charge in [-0.3, -0.25) is 0 Å². The average Bonchev–Trinajstić information content (AvgIpc) is 3.15. The second kappa shape index (κ2) is 6.58. The molecule has 1 aromatic carbocycles. The molecule has 2 N–H and O–H groups in total. The van der Waals surface area contributed by atoms with Gasteiger partial charge in [-0.2, -0.15) is 4.98 Å². The fourth-order valence-electron chi connectivity index (χ4n) is 2.94. The normalized spacial score (nSPS) is 11.5. The highest BCUT2D eigenvalue weighted by molar-refractivity contribution is 6.38. The van der Waals surface area contributed by atoms with Gasteiger partial charge in [0.2, 0.25) is 5.95 Å². The first-order valence-corrected chi connectivity index (χ1v) is 8.87. The molecule has 0 fully saturated rings. The molecule has 0 amide bonds. The molecule has 0 bridgehead atoms. The van der Waals surface area contributed by atoms with E-state index < -0.39 is 0 Å². The minimum absolute atomic E-state index is 0.653. The highest BCUT2D eigenvalue weighted by Gasteiger charge is 2.07. The molecule has 0 radical (unpaired) electrons. The molecule has 0 atom stereocenters. The van der Waals surface area contributed by atoms with E-state index in [1.54, 1.807) is 6.07 Å². The summed E-state index contributed by atoms with van der Waals surface area (Å²) in [7, 11) is 0. The van der Waals surface area contributed by atoms with Crippen LogP contribution in [0.25, 0.3) is 22.1 Å². The van der Waals surface area contributed by atoms with Crippen molar-refractivity contribution in [3.05, 3.63) is 52.3 Å². The zero-order valence-corrected chi connectivity index (χ0v) is 15.2. The van der Waals surface area contributed by atoms with E-state index in [1.165, 1.54) is 0 Å². The van der Waals surface area contributed by atoms with Crippen molar-refractivity contribution in [3.63, 3.8) is 0 Å². The van der Waals surface area contributed by atoms with Gasteiger partial charge in [-0.1, -0.05) is 23.2 Å².